The van der Waals surface area contributed by atoms with E-state index >= 15 is 0 Å². The number of anilines is 2. The molecular formula is C25H27FN4O3. The Kier molecular flexibility index (Phi) is 7.06. The molecule has 2 aromatic carbocycles. The maximum Gasteiger partial charge on any atom is 0.267 e. The van der Waals surface area contributed by atoms with Gasteiger partial charge in [0.05, 0.1) is 5.69 Å². The number of rotatable bonds is 6. The minimum Gasteiger partial charge on any atom is -0.326 e. The van der Waals surface area contributed by atoms with Crippen molar-refractivity contribution < 1.29 is 14.0 Å². The first-order valence-electron chi connectivity index (χ1n) is 10.7. The lowest BCUT2D eigenvalue weighted by Gasteiger charge is -2.16. The summed E-state index contributed by atoms with van der Waals surface area (Å²) < 4.78 is 14.4. The van der Waals surface area contributed by atoms with Crippen LogP contribution in [0.15, 0.2) is 53.3 Å². The van der Waals surface area contributed by atoms with E-state index in [1.165, 1.54) is 24.3 Å². The zero-order valence-electron chi connectivity index (χ0n) is 19.3. The van der Waals surface area contributed by atoms with Crippen LogP contribution in [0.5, 0.6) is 0 Å². The van der Waals surface area contributed by atoms with Gasteiger partial charge < -0.3 is 10.6 Å². The van der Waals surface area contributed by atoms with Crippen LogP contribution in [0, 0.1) is 25.6 Å². The Bertz CT molecular complexity index is 1270. The summed E-state index contributed by atoms with van der Waals surface area (Å²) in [4.78, 5) is 37.4. The quantitative estimate of drug-likeness (QED) is 0.580. The summed E-state index contributed by atoms with van der Waals surface area (Å²) >= 11 is 0. The third-order valence-electron chi connectivity index (χ3n) is 5.33. The van der Waals surface area contributed by atoms with E-state index < -0.39 is 23.3 Å². The van der Waals surface area contributed by atoms with Crippen molar-refractivity contribution >= 4 is 23.2 Å². The molecule has 3 aromatic rings. The molecule has 1 atom stereocenters. The standard InChI is InChI=1S/C25H27FN4O3/c1-14(2)24(32)28-22-13-18(7-6-15(22)3)21-10-11-23(31)30(29-21)17(5)25(33)27-20-9-8-19(26)12-16(20)4/h6-14,17H,1-5H3,(H,27,33)(H,28,32). The molecule has 1 aromatic heterocycles. The van der Waals surface area contributed by atoms with Crippen LogP contribution in [0.3, 0.4) is 0 Å². The molecule has 3 rings (SSSR count). The molecule has 1 heterocycles. The number of carbonyl (C=O) groups is 2. The van der Waals surface area contributed by atoms with Crippen LogP contribution in [-0.2, 0) is 9.59 Å². The number of hydrogen-bond acceptors (Lipinski definition) is 4. The number of nitrogens with zero attached hydrogens (tertiary/aromatic N) is 2. The van der Waals surface area contributed by atoms with Gasteiger partial charge in [-0.3, -0.25) is 14.4 Å². The molecule has 7 nitrogen and oxygen atoms in total. The molecule has 0 aliphatic rings. The minimum atomic E-state index is -0.910. The van der Waals surface area contributed by atoms with Crippen LogP contribution in [0.4, 0.5) is 15.8 Å². The van der Waals surface area contributed by atoms with E-state index in [0.29, 0.717) is 28.2 Å². The Labute approximate surface area is 191 Å². The maximum atomic E-state index is 13.3. The zero-order chi connectivity index (χ0) is 24.3. The fourth-order valence-electron chi connectivity index (χ4n) is 3.17. The number of nitrogens with one attached hydrogen (secondary N) is 2. The van der Waals surface area contributed by atoms with Crippen molar-refractivity contribution in [3.8, 4) is 11.3 Å². The van der Waals surface area contributed by atoms with Gasteiger partial charge in [-0.1, -0.05) is 26.0 Å². The van der Waals surface area contributed by atoms with Gasteiger partial charge in [-0.2, -0.15) is 5.10 Å². The van der Waals surface area contributed by atoms with E-state index in [2.05, 4.69) is 15.7 Å². The first kappa shape index (κ1) is 23.8. The van der Waals surface area contributed by atoms with Gasteiger partial charge in [0.15, 0.2) is 0 Å². The second-order valence-electron chi connectivity index (χ2n) is 8.30. The summed E-state index contributed by atoms with van der Waals surface area (Å²) in [5.41, 5.74) is 3.31. The van der Waals surface area contributed by atoms with Crippen LogP contribution < -0.4 is 16.2 Å². The van der Waals surface area contributed by atoms with Gasteiger partial charge in [0, 0.05) is 28.9 Å². The molecule has 0 aliphatic heterocycles. The number of amides is 2. The van der Waals surface area contributed by atoms with E-state index in [4.69, 9.17) is 0 Å². The third kappa shape index (κ3) is 5.52. The number of aryl methyl sites for hydroxylation is 2. The fraction of sp³-hybridized carbons (Fsp3) is 0.280. The molecule has 0 radical (unpaired) electrons. The molecule has 0 saturated heterocycles. The molecule has 1 unspecified atom stereocenters. The summed E-state index contributed by atoms with van der Waals surface area (Å²) in [7, 11) is 0. The Morgan fingerprint density at radius 1 is 0.879 bits per heavy atom. The van der Waals surface area contributed by atoms with E-state index in [-0.39, 0.29) is 11.8 Å². The SMILES string of the molecule is Cc1ccc(-c2ccc(=O)n(C(C)C(=O)Nc3ccc(F)cc3C)n2)cc1NC(=O)C(C)C. The van der Waals surface area contributed by atoms with Gasteiger partial charge in [-0.15, -0.1) is 0 Å². The van der Waals surface area contributed by atoms with Crippen molar-refractivity contribution in [1.29, 1.82) is 0 Å². The number of aromatic nitrogens is 2. The van der Waals surface area contributed by atoms with E-state index in [1.54, 1.807) is 26.0 Å². The maximum absolute atomic E-state index is 13.3. The molecule has 0 spiro atoms. The smallest absolute Gasteiger partial charge is 0.267 e. The Hall–Kier alpha value is -3.81. The second kappa shape index (κ2) is 9.77. The Balaban J connectivity index is 1.89. The predicted octanol–water partition coefficient (Wildman–Crippen LogP) is 4.46. The van der Waals surface area contributed by atoms with Gasteiger partial charge in [0.25, 0.3) is 5.56 Å². The van der Waals surface area contributed by atoms with Crippen LogP contribution >= 0.6 is 0 Å². The van der Waals surface area contributed by atoms with Crippen molar-refractivity contribution in [2.24, 2.45) is 5.92 Å². The van der Waals surface area contributed by atoms with Crippen molar-refractivity contribution in [3.05, 3.63) is 75.8 Å². The molecule has 2 amide bonds. The lowest BCUT2D eigenvalue weighted by molar-refractivity contribution is -0.119. The number of carbonyl (C=O) groups excluding carboxylic acids is 2. The van der Waals surface area contributed by atoms with Crippen LogP contribution in [-0.4, -0.2) is 21.6 Å². The van der Waals surface area contributed by atoms with Gasteiger partial charge >= 0.3 is 0 Å². The number of benzene rings is 2. The van der Waals surface area contributed by atoms with Crippen molar-refractivity contribution in [1.82, 2.24) is 9.78 Å². The van der Waals surface area contributed by atoms with Crippen LogP contribution in [0.2, 0.25) is 0 Å². The number of hydrogen-bond donors (Lipinski definition) is 2. The molecule has 0 aliphatic carbocycles. The lowest BCUT2D eigenvalue weighted by atomic mass is 10.1. The third-order valence-corrected chi connectivity index (χ3v) is 5.33. The molecule has 0 bridgehead atoms. The van der Waals surface area contributed by atoms with E-state index in [9.17, 15) is 18.8 Å². The highest BCUT2D eigenvalue weighted by Gasteiger charge is 2.19. The van der Waals surface area contributed by atoms with Gasteiger partial charge in [-0.05, 0) is 62.2 Å². The molecule has 33 heavy (non-hydrogen) atoms. The van der Waals surface area contributed by atoms with Crippen molar-refractivity contribution in [3.63, 3.8) is 0 Å². The van der Waals surface area contributed by atoms with Gasteiger partial charge in [0.1, 0.15) is 11.9 Å². The zero-order valence-corrected chi connectivity index (χ0v) is 19.3. The average Bonchev–Trinajstić information content (AvgIpc) is 2.77. The summed E-state index contributed by atoms with van der Waals surface area (Å²) in [6.07, 6.45) is 0. The fourth-order valence-corrected chi connectivity index (χ4v) is 3.17. The first-order valence-corrected chi connectivity index (χ1v) is 10.7. The summed E-state index contributed by atoms with van der Waals surface area (Å²) in [6.45, 7) is 8.76. The Morgan fingerprint density at radius 2 is 1.58 bits per heavy atom. The van der Waals surface area contributed by atoms with E-state index in [0.717, 1.165) is 10.2 Å². The predicted molar refractivity (Wildman–Crippen MR) is 127 cm³/mol. The normalized spacial score (nSPS) is 11.8. The molecule has 8 heteroatoms. The molecular weight excluding hydrogens is 423 g/mol. The van der Waals surface area contributed by atoms with Crippen LogP contribution in [0.1, 0.15) is 37.9 Å². The van der Waals surface area contributed by atoms with Gasteiger partial charge in [0.2, 0.25) is 11.8 Å². The number of halogens is 1. The summed E-state index contributed by atoms with van der Waals surface area (Å²) in [6, 6.07) is 11.5. The molecule has 0 saturated carbocycles. The summed E-state index contributed by atoms with van der Waals surface area (Å²) in [5.74, 6) is -1.12. The molecule has 172 valence electrons. The topological polar surface area (TPSA) is 93.1 Å². The second-order valence-corrected chi connectivity index (χ2v) is 8.30. The van der Waals surface area contributed by atoms with Gasteiger partial charge in [-0.25, -0.2) is 9.07 Å². The molecule has 0 fully saturated rings. The van der Waals surface area contributed by atoms with Crippen LogP contribution in [0.25, 0.3) is 11.3 Å². The lowest BCUT2D eigenvalue weighted by Crippen LogP contribution is -2.33. The largest absolute Gasteiger partial charge is 0.326 e. The molecule has 2 N–H and O–H groups in total. The Morgan fingerprint density at radius 3 is 2.24 bits per heavy atom. The highest BCUT2D eigenvalue weighted by Crippen LogP contribution is 2.25. The first-order chi connectivity index (χ1) is 15.6. The summed E-state index contributed by atoms with van der Waals surface area (Å²) in [5, 5.41) is 10.0. The highest BCUT2D eigenvalue weighted by atomic mass is 19.1. The minimum absolute atomic E-state index is 0.102. The van der Waals surface area contributed by atoms with E-state index in [1.807, 2.05) is 32.9 Å². The van der Waals surface area contributed by atoms with Crippen molar-refractivity contribution in [2.75, 3.05) is 10.6 Å². The highest BCUT2D eigenvalue weighted by molar-refractivity contribution is 5.94. The van der Waals surface area contributed by atoms with Crippen molar-refractivity contribution in [2.45, 2.75) is 40.7 Å². The average molecular weight is 451 g/mol. The monoisotopic (exact) mass is 450 g/mol.